The van der Waals surface area contributed by atoms with Crippen LogP contribution in [0.1, 0.15) is 26.2 Å². The number of aromatic nitrogens is 2. The summed E-state index contributed by atoms with van der Waals surface area (Å²) < 4.78 is 0. The second kappa shape index (κ2) is 9.23. The molecule has 3 aromatic rings. The number of hydrogen-bond acceptors (Lipinski definition) is 5. The maximum absolute atomic E-state index is 13.0. The fraction of sp³-hybridized carbons (Fsp3) is 0.400. The highest BCUT2D eigenvalue weighted by atomic mass is 16.2. The van der Waals surface area contributed by atoms with Crippen molar-refractivity contribution in [2.75, 3.05) is 47.8 Å². The van der Waals surface area contributed by atoms with Crippen LogP contribution in [0.4, 0.5) is 17.3 Å². The number of para-hydroxylation sites is 2. The van der Waals surface area contributed by atoms with Gasteiger partial charge in [-0.05, 0) is 50.1 Å². The van der Waals surface area contributed by atoms with Crippen molar-refractivity contribution in [3.8, 4) is 0 Å². The molecule has 0 saturated carbocycles. The van der Waals surface area contributed by atoms with E-state index in [1.54, 1.807) is 4.90 Å². The lowest BCUT2D eigenvalue weighted by atomic mass is 10.2. The average Bonchev–Trinajstić information content (AvgIpc) is 3.37. The molecule has 1 unspecified atom stereocenters. The van der Waals surface area contributed by atoms with Crippen molar-refractivity contribution >= 4 is 40.2 Å². The third-order valence-corrected chi connectivity index (χ3v) is 6.63. The van der Waals surface area contributed by atoms with Crippen LogP contribution in [0.5, 0.6) is 0 Å². The van der Waals surface area contributed by atoms with Gasteiger partial charge in [-0.2, -0.15) is 0 Å². The monoisotopic (exact) mass is 446 g/mol. The van der Waals surface area contributed by atoms with Gasteiger partial charge in [0.25, 0.3) is 0 Å². The summed E-state index contributed by atoms with van der Waals surface area (Å²) in [4.78, 5) is 39.5. The lowest BCUT2D eigenvalue weighted by Gasteiger charge is -2.27. The zero-order chi connectivity index (χ0) is 22.8. The molecule has 2 saturated heterocycles. The van der Waals surface area contributed by atoms with Gasteiger partial charge in [-0.3, -0.25) is 14.5 Å². The highest BCUT2D eigenvalue weighted by Crippen LogP contribution is 2.25. The van der Waals surface area contributed by atoms with Crippen molar-refractivity contribution in [2.24, 2.45) is 0 Å². The maximum Gasteiger partial charge on any atom is 0.241 e. The number of H-pyrrole nitrogens is 1. The molecule has 1 atom stereocenters. The molecule has 1 aromatic heterocycles. The minimum Gasteiger partial charge on any atom is -0.341 e. The van der Waals surface area contributed by atoms with Gasteiger partial charge in [-0.15, -0.1) is 0 Å². The molecule has 2 fully saturated rings. The first-order valence-corrected chi connectivity index (χ1v) is 11.7. The van der Waals surface area contributed by atoms with E-state index >= 15 is 0 Å². The number of nitrogens with one attached hydrogen (secondary N) is 2. The Labute approximate surface area is 193 Å². The summed E-state index contributed by atoms with van der Waals surface area (Å²) in [6.07, 6.45) is 2.43. The third-order valence-electron chi connectivity index (χ3n) is 6.63. The predicted octanol–water partition coefficient (Wildman–Crippen LogP) is 3.23. The first kappa shape index (κ1) is 21.5. The number of carbonyl (C=O) groups is 2. The van der Waals surface area contributed by atoms with Crippen LogP contribution in [0.15, 0.2) is 48.5 Å². The molecule has 2 amide bonds. The van der Waals surface area contributed by atoms with E-state index in [0.29, 0.717) is 6.42 Å². The lowest BCUT2D eigenvalue weighted by Crippen LogP contribution is -2.44. The number of imidazole rings is 1. The first-order chi connectivity index (χ1) is 16.1. The lowest BCUT2D eigenvalue weighted by molar-refractivity contribution is -0.120. The van der Waals surface area contributed by atoms with Gasteiger partial charge in [-0.1, -0.05) is 18.2 Å². The molecule has 33 heavy (non-hydrogen) atoms. The van der Waals surface area contributed by atoms with Gasteiger partial charge in [0.2, 0.25) is 17.8 Å². The Morgan fingerprint density at radius 2 is 1.91 bits per heavy atom. The second-order valence-electron chi connectivity index (χ2n) is 8.82. The van der Waals surface area contributed by atoms with Crippen LogP contribution in [0.3, 0.4) is 0 Å². The summed E-state index contributed by atoms with van der Waals surface area (Å²) >= 11 is 0. The number of aromatic amines is 1. The Kier molecular flexibility index (Phi) is 6.00. The molecule has 0 aliphatic carbocycles. The number of anilines is 3. The fourth-order valence-electron chi connectivity index (χ4n) is 4.71. The van der Waals surface area contributed by atoms with E-state index in [9.17, 15) is 9.59 Å². The number of fused-ring (bicyclic) bond motifs is 1. The molecule has 0 radical (unpaired) electrons. The van der Waals surface area contributed by atoms with Crippen LogP contribution in [0.2, 0.25) is 0 Å². The van der Waals surface area contributed by atoms with Gasteiger partial charge in [0.05, 0.1) is 17.1 Å². The van der Waals surface area contributed by atoms with Crippen molar-refractivity contribution in [3.05, 3.63) is 48.5 Å². The van der Waals surface area contributed by atoms with Gasteiger partial charge in [0.15, 0.2) is 0 Å². The van der Waals surface area contributed by atoms with Crippen LogP contribution >= 0.6 is 0 Å². The maximum atomic E-state index is 13.0. The Bertz CT molecular complexity index is 1130. The van der Waals surface area contributed by atoms with E-state index in [4.69, 9.17) is 4.98 Å². The molecule has 2 N–H and O–H groups in total. The standard InChI is InChI=1S/C25H30N6O2/c1-18(24(33)26-19-7-4-8-20(17-19)31-14-5-11-23(31)32)29-12-6-13-30(16-15-29)25-27-21-9-2-3-10-22(21)28-25/h2-4,7-10,17-18H,5-6,11-16H2,1H3,(H,26,33)(H,27,28). The fourth-order valence-corrected chi connectivity index (χ4v) is 4.71. The van der Waals surface area contributed by atoms with Crippen molar-refractivity contribution in [3.63, 3.8) is 0 Å². The second-order valence-corrected chi connectivity index (χ2v) is 8.82. The highest BCUT2D eigenvalue weighted by Gasteiger charge is 2.26. The van der Waals surface area contributed by atoms with E-state index < -0.39 is 0 Å². The summed E-state index contributed by atoms with van der Waals surface area (Å²) in [5.41, 5.74) is 3.58. The zero-order valence-corrected chi connectivity index (χ0v) is 19.0. The van der Waals surface area contributed by atoms with E-state index in [2.05, 4.69) is 20.1 Å². The van der Waals surface area contributed by atoms with Crippen LogP contribution in [0.25, 0.3) is 11.0 Å². The van der Waals surface area contributed by atoms with Crippen LogP contribution in [0, 0.1) is 0 Å². The summed E-state index contributed by atoms with van der Waals surface area (Å²) in [5, 5.41) is 3.05. The molecule has 8 heteroatoms. The molecule has 0 spiro atoms. The van der Waals surface area contributed by atoms with Gasteiger partial charge in [-0.25, -0.2) is 4.98 Å². The average molecular weight is 447 g/mol. The molecule has 2 aliphatic heterocycles. The predicted molar refractivity (Wildman–Crippen MR) is 131 cm³/mol. The van der Waals surface area contributed by atoms with Gasteiger partial charge < -0.3 is 20.1 Å². The number of amides is 2. The van der Waals surface area contributed by atoms with Crippen molar-refractivity contribution < 1.29 is 9.59 Å². The minimum absolute atomic E-state index is 0.0305. The van der Waals surface area contributed by atoms with Crippen molar-refractivity contribution in [1.29, 1.82) is 0 Å². The van der Waals surface area contributed by atoms with E-state index in [-0.39, 0.29) is 17.9 Å². The smallest absolute Gasteiger partial charge is 0.241 e. The van der Waals surface area contributed by atoms with Gasteiger partial charge in [0.1, 0.15) is 0 Å². The van der Waals surface area contributed by atoms with E-state index in [0.717, 1.165) is 73.9 Å². The number of nitrogens with zero attached hydrogens (tertiary/aromatic N) is 4. The van der Waals surface area contributed by atoms with Crippen LogP contribution in [-0.2, 0) is 9.59 Å². The van der Waals surface area contributed by atoms with E-state index in [1.807, 2.05) is 55.5 Å². The number of rotatable bonds is 5. The normalized spacial score (nSPS) is 18.5. The number of benzene rings is 2. The van der Waals surface area contributed by atoms with Crippen LogP contribution in [-0.4, -0.2) is 65.4 Å². The summed E-state index contributed by atoms with van der Waals surface area (Å²) in [7, 11) is 0. The van der Waals surface area contributed by atoms with Crippen LogP contribution < -0.4 is 15.1 Å². The first-order valence-electron chi connectivity index (χ1n) is 11.7. The molecule has 172 valence electrons. The zero-order valence-electron chi connectivity index (χ0n) is 19.0. The molecule has 2 aromatic carbocycles. The van der Waals surface area contributed by atoms with Gasteiger partial charge >= 0.3 is 0 Å². The minimum atomic E-state index is -0.252. The molecule has 8 nitrogen and oxygen atoms in total. The Morgan fingerprint density at radius 1 is 1.03 bits per heavy atom. The molecule has 0 bridgehead atoms. The molecule has 3 heterocycles. The van der Waals surface area contributed by atoms with Gasteiger partial charge in [0, 0.05) is 50.5 Å². The van der Waals surface area contributed by atoms with Crippen molar-refractivity contribution in [1.82, 2.24) is 14.9 Å². The molecular weight excluding hydrogens is 416 g/mol. The summed E-state index contributed by atoms with van der Waals surface area (Å²) in [6.45, 7) is 6.05. The van der Waals surface area contributed by atoms with E-state index in [1.165, 1.54) is 0 Å². The topological polar surface area (TPSA) is 84.6 Å². The summed E-state index contributed by atoms with van der Waals surface area (Å²) in [5.74, 6) is 1.01. The Hall–Kier alpha value is -3.39. The SMILES string of the molecule is CC(C(=O)Nc1cccc(N2CCCC2=O)c1)N1CCCN(c2nc3ccccc3[nH]2)CC1. The highest BCUT2D eigenvalue weighted by molar-refractivity contribution is 5.98. The number of carbonyl (C=O) groups excluding carboxylic acids is 2. The molecule has 2 aliphatic rings. The number of hydrogen-bond donors (Lipinski definition) is 2. The van der Waals surface area contributed by atoms with Crippen molar-refractivity contribution in [2.45, 2.75) is 32.2 Å². The quantitative estimate of drug-likeness (QED) is 0.629. The third kappa shape index (κ3) is 4.57. The molecule has 5 rings (SSSR count). The summed E-state index contributed by atoms with van der Waals surface area (Å²) in [6, 6.07) is 15.4. The largest absolute Gasteiger partial charge is 0.341 e. The Morgan fingerprint density at radius 3 is 2.73 bits per heavy atom. The Balaban J connectivity index is 1.21. The molecular formula is C25H30N6O2.